The zero-order valence-corrected chi connectivity index (χ0v) is 11.2. The highest BCUT2D eigenvalue weighted by molar-refractivity contribution is 5.98. The summed E-state index contributed by atoms with van der Waals surface area (Å²) in [4.78, 5) is 25.1. The average molecular weight is 261 g/mol. The van der Waals surface area contributed by atoms with Crippen LogP contribution in [0.25, 0.3) is 0 Å². The van der Waals surface area contributed by atoms with Gasteiger partial charge in [-0.1, -0.05) is 19.4 Å². The summed E-state index contributed by atoms with van der Waals surface area (Å²) < 4.78 is 0. The minimum Gasteiger partial charge on any atom is -0.478 e. The van der Waals surface area contributed by atoms with E-state index in [1.165, 1.54) is 0 Å². The number of anilines is 1. The fraction of sp³-hybridized carbons (Fsp3) is 0.467. The quantitative estimate of drug-likeness (QED) is 0.906. The number of carbonyl (C=O) groups excluding carboxylic acids is 1. The van der Waals surface area contributed by atoms with Crippen molar-refractivity contribution in [3.8, 4) is 0 Å². The standard InChI is InChI=1S/C15H19NO3/c1-2-3-9-14(17)16-10-5-7-11-12(15(18)19)6-4-8-13(11)16/h4,6,8H,2-3,5,7,9-10H2,1H3,(H,18,19). The summed E-state index contributed by atoms with van der Waals surface area (Å²) in [5.74, 6) is -0.815. The molecule has 19 heavy (non-hydrogen) atoms. The molecule has 1 heterocycles. The Bertz CT molecular complexity index is 496. The van der Waals surface area contributed by atoms with Crippen molar-refractivity contribution in [1.82, 2.24) is 0 Å². The summed E-state index contributed by atoms with van der Waals surface area (Å²) in [6.45, 7) is 2.75. The minimum atomic E-state index is -0.917. The van der Waals surface area contributed by atoms with E-state index in [4.69, 9.17) is 0 Å². The third-order valence-electron chi connectivity index (χ3n) is 3.53. The second-order valence-electron chi connectivity index (χ2n) is 4.86. The molecule has 1 N–H and O–H groups in total. The molecule has 0 spiro atoms. The van der Waals surface area contributed by atoms with E-state index < -0.39 is 5.97 Å². The third-order valence-corrected chi connectivity index (χ3v) is 3.53. The van der Waals surface area contributed by atoms with Gasteiger partial charge in [0.15, 0.2) is 0 Å². The highest BCUT2D eigenvalue weighted by Crippen LogP contribution is 2.30. The Hall–Kier alpha value is -1.84. The van der Waals surface area contributed by atoms with Gasteiger partial charge in [-0.15, -0.1) is 0 Å². The Morgan fingerprint density at radius 2 is 2.16 bits per heavy atom. The van der Waals surface area contributed by atoms with Gasteiger partial charge in [-0.2, -0.15) is 0 Å². The van der Waals surface area contributed by atoms with Crippen LogP contribution in [-0.4, -0.2) is 23.5 Å². The van der Waals surface area contributed by atoms with Gasteiger partial charge >= 0.3 is 5.97 Å². The van der Waals surface area contributed by atoms with Crippen LogP contribution in [0.3, 0.4) is 0 Å². The number of fused-ring (bicyclic) bond motifs is 1. The Morgan fingerprint density at radius 3 is 2.84 bits per heavy atom. The highest BCUT2D eigenvalue weighted by Gasteiger charge is 2.25. The van der Waals surface area contributed by atoms with Crippen molar-refractivity contribution < 1.29 is 14.7 Å². The lowest BCUT2D eigenvalue weighted by atomic mass is 9.96. The number of carboxylic acid groups (broad SMARTS) is 1. The predicted octanol–water partition coefficient (Wildman–Crippen LogP) is 2.85. The van der Waals surface area contributed by atoms with E-state index in [0.717, 1.165) is 36.9 Å². The van der Waals surface area contributed by atoms with Crippen molar-refractivity contribution >= 4 is 17.6 Å². The first kappa shape index (κ1) is 13.6. The molecule has 0 saturated carbocycles. The first-order chi connectivity index (χ1) is 9.15. The molecule has 1 aromatic carbocycles. The summed E-state index contributed by atoms with van der Waals surface area (Å²) in [5, 5.41) is 9.20. The van der Waals surface area contributed by atoms with Crippen molar-refractivity contribution in [3.63, 3.8) is 0 Å². The summed E-state index contributed by atoms with van der Waals surface area (Å²) in [5.41, 5.74) is 1.91. The minimum absolute atomic E-state index is 0.102. The SMILES string of the molecule is CCCCC(=O)N1CCCc2c(C(=O)O)cccc21. The number of carboxylic acids is 1. The van der Waals surface area contributed by atoms with Crippen LogP contribution in [0.1, 0.15) is 48.5 Å². The molecule has 102 valence electrons. The molecule has 1 aromatic rings. The van der Waals surface area contributed by atoms with E-state index in [1.807, 2.05) is 6.07 Å². The topological polar surface area (TPSA) is 57.6 Å². The van der Waals surface area contributed by atoms with Gasteiger partial charge in [0, 0.05) is 18.7 Å². The van der Waals surface area contributed by atoms with Gasteiger partial charge in [0.25, 0.3) is 0 Å². The number of carbonyl (C=O) groups is 2. The first-order valence-electron chi connectivity index (χ1n) is 6.80. The number of hydrogen-bond donors (Lipinski definition) is 1. The summed E-state index contributed by atoms with van der Waals surface area (Å²) in [6.07, 6.45) is 3.96. The van der Waals surface area contributed by atoms with E-state index in [1.54, 1.807) is 17.0 Å². The Morgan fingerprint density at radius 1 is 1.37 bits per heavy atom. The van der Waals surface area contributed by atoms with Crippen molar-refractivity contribution in [2.45, 2.75) is 39.0 Å². The number of aromatic carboxylic acids is 1. The lowest BCUT2D eigenvalue weighted by molar-refractivity contribution is -0.118. The number of rotatable bonds is 4. The van der Waals surface area contributed by atoms with Crippen molar-refractivity contribution in [2.24, 2.45) is 0 Å². The molecular formula is C15H19NO3. The van der Waals surface area contributed by atoms with Gasteiger partial charge in [0.05, 0.1) is 5.56 Å². The number of benzene rings is 1. The van der Waals surface area contributed by atoms with Crippen LogP contribution >= 0.6 is 0 Å². The maximum Gasteiger partial charge on any atom is 0.336 e. The molecular weight excluding hydrogens is 242 g/mol. The maximum absolute atomic E-state index is 12.2. The van der Waals surface area contributed by atoms with E-state index in [9.17, 15) is 14.7 Å². The van der Waals surface area contributed by atoms with Gasteiger partial charge in [-0.3, -0.25) is 4.79 Å². The van der Waals surface area contributed by atoms with Crippen molar-refractivity contribution in [2.75, 3.05) is 11.4 Å². The molecule has 0 fully saturated rings. The third kappa shape index (κ3) is 2.78. The Kier molecular flexibility index (Phi) is 4.20. The second-order valence-corrected chi connectivity index (χ2v) is 4.86. The first-order valence-corrected chi connectivity index (χ1v) is 6.80. The summed E-state index contributed by atoms with van der Waals surface area (Å²) in [7, 11) is 0. The zero-order valence-electron chi connectivity index (χ0n) is 11.2. The fourth-order valence-corrected chi connectivity index (χ4v) is 2.55. The lowest BCUT2D eigenvalue weighted by Crippen LogP contribution is -2.35. The monoisotopic (exact) mass is 261 g/mol. The molecule has 4 nitrogen and oxygen atoms in total. The molecule has 0 aliphatic carbocycles. The van der Waals surface area contributed by atoms with Gasteiger partial charge in [0.2, 0.25) is 5.91 Å². The number of amides is 1. The van der Waals surface area contributed by atoms with Gasteiger partial charge < -0.3 is 10.0 Å². The molecule has 0 radical (unpaired) electrons. The van der Waals surface area contributed by atoms with E-state index in [0.29, 0.717) is 18.5 Å². The fourth-order valence-electron chi connectivity index (χ4n) is 2.55. The smallest absolute Gasteiger partial charge is 0.336 e. The normalized spacial score (nSPS) is 14.1. The number of unbranched alkanes of at least 4 members (excludes halogenated alkanes) is 1. The molecule has 0 aromatic heterocycles. The van der Waals surface area contributed by atoms with Crippen molar-refractivity contribution in [3.05, 3.63) is 29.3 Å². The Balaban J connectivity index is 2.32. The highest BCUT2D eigenvalue weighted by atomic mass is 16.4. The molecule has 0 bridgehead atoms. The zero-order chi connectivity index (χ0) is 13.8. The van der Waals surface area contributed by atoms with Crippen LogP contribution in [0, 0.1) is 0 Å². The summed E-state index contributed by atoms with van der Waals surface area (Å²) >= 11 is 0. The molecule has 0 saturated heterocycles. The van der Waals surface area contributed by atoms with Gasteiger partial charge in [0.1, 0.15) is 0 Å². The molecule has 2 rings (SSSR count). The predicted molar refractivity (Wildman–Crippen MR) is 73.6 cm³/mol. The van der Waals surface area contributed by atoms with Crippen molar-refractivity contribution in [1.29, 1.82) is 0 Å². The number of nitrogens with zero attached hydrogens (tertiary/aromatic N) is 1. The summed E-state index contributed by atoms with van der Waals surface area (Å²) in [6, 6.07) is 5.18. The molecule has 1 aliphatic heterocycles. The van der Waals surface area contributed by atoms with Crippen LogP contribution in [0.15, 0.2) is 18.2 Å². The van der Waals surface area contributed by atoms with Crippen LogP contribution in [-0.2, 0) is 11.2 Å². The molecule has 1 amide bonds. The van der Waals surface area contributed by atoms with Crippen LogP contribution < -0.4 is 4.90 Å². The largest absolute Gasteiger partial charge is 0.478 e. The molecule has 4 heteroatoms. The van der Waals surface area contributed by atoms with Gasteiger partial charge in [-0.25, -0.2) is 4.79 Å². The maximum atomic E-state index is 12.2. The van der Waals surface area contributed by atoms with E-state index in [2.05, 4.69) is 6.92 Å². The second kappa shape index (κ2) is 5.87. The Labute approximate surface area is 113 Å². The lowest BCUT2D eigenvalue weighted by Gasteiger charge is -2.30. The van der Waals surface area contributed by atoms with Crippen LogP contribution in [0.4, 0.5) is 5.69 Å². The van der Waals surface area contributed by atoms with E-state index in [-0.39, 0.29) is 5.91 Å². The van der Waals surface area contributed by atoms with E-state index >= 15 is 0 Å². The van der Waals surface area contributed by atoms with Crippen LogP contribution in [0.5, 0.6) is 0 Å². The molecule has 0 unspecified atom stereocenters. The van der Waals surface area contributed by atoms with Crippen LogP contribution in [0.2, 0.25) is 0 Å². The number of hydrogen-bond acceptors (Lipinski definition) is 2. The molecule has 1 aliphatic rings. The molecule has 0 atom stereocenters. The van der Waals surface area contributed by atoms with Gasteiger partial charge in [-0.05, 0) is 37.0 Å². The average Bonchev–Trinajstić information content (AvgIpc) is 2.43.